The lowest BCUT2D eigenvalue weighted by molar-refractivity contribution is -0.119. The highest BCUT2D eigenvalue weighted by molar-refractivity contribution is 5.33. The Labute approximate surface area is 104 Å². The quantitative estimate of drug-likeness (QED) is 0.882. The van der Waals surface area contributed by atoms with Gasteiger partial charge in [0, 0.05) is 30.5 Å². The molecule has 0 aliphatic heterocycles. The van der Waals surface area contributed by atoms with E-state index in [0.717, 1.165) is 10.5 Å². The average Bonchev–Trinajstić information content (AvgIpc) is 2.26. The van der Waals surface area contributed by atoms with Gasteiger partial charge in [0.25, 0.3) is 0 Å². The van der Waals surface area contributed by atoms with E-state index in [1.54, 1.807) is 6.92 Å². The van der Waals surface area contributed by atoms with Crippen LogP contribution < -0.4 is 10.6 Å². The molecule has 2 N–H and O–H groups in total. The molecule has 0 spiro atoms. The second-order valence-electron chi connectivity index (χ2n) is 4.02. The maximum atomic E-state index is 12.4. The van der Waals surface area contributed by atoms with Crippen LogP contribution in [0.5, 0.6) is 0 Å². The molecule has 0 saturated heterocycles. The van der Waals surface area contributed by atoms with Crippen LogP contribution in [0.3, 0.4) is 0 Å². The standard InChI is InChI=1S/C11H17F3N4/c1-3-4-18(7-11(12,13)14)10-16-6-9(5-15)8(2)17-10/h6H,3-5,7,15H2,1-2H3. The topological polar surface area (TPSA) is 55.0 Å². The van der Waals surface area contributed by atoms with Crippen LogP contribution in [0.4, 0.5) is 19.1 Å². The molecule has 0 saturated carbocycles. The van der Waals surface area contributed by atoms with Crippen molar-refractivity contribution in [1.29, 1.82) is 0 Å². The van der Waals surface area contributed by atoms with Crippen LogP contribution in [0.25, 0.3) is 0 Å². The lowest BCUT2D eigenvalue weighted by atomic mass is 10.2. The van der Waals surface area contributed by atoms with Crippen molar-refractivity contribution in [2.45, 2.75) is 33.0 Å². The molecule has 18 heavy (non-hydrogen) atoms. The van der Waals surface area contributed by atoms with E-state index in [1.165, 1.54) is 6.20 Å². The van der Waals surface area contributed by atoms with Gasteiger partial charge in [-0.2, -0.15) is 13.2 Å². The smallest absolute Gasteiger partial charge is 0.332 e. The summed E-state index contributed by atoms with van der Waals surface area (Å²) in [5, 5.41) is 0. The van der Waals surface area contributed by atoms with Crippen molar-refractivity contribution < 1.29 is 13.2 Å². The molecule has 0 aromatic carbocycles. The molecule has 1 heterocycles. The number of alkyl halides is 3. The molecule has 0 fully saturated rings. The van der Waals surface area contributed by atoms with Crippen LogP contribution in [-0.2, 0) is 6.54 Å². The summed E-state index contributed by atoms with van der Waals surface area (Å²) >= 11 is 0. The summed E-state index contributed by atoms with van der Waals surface area (Å²) in [6.45, 7) is 3.03. The number of aromatic nitrogens is 2. The Morgan fingerprint density at radius 1 is 1.39 bits per heavy atom. The monoisotopic (exact) mass is 262 g/mol. The van der Waals surface area contributed by atoms with Crippen LogP contribution in [0, 0.1) is 6.92 Å². The van der Waals surface area contributed by atoms with Crippen molar-refractivity contribution in [1.82, 2.24) is 9.97 Å². The highest BCUT2D eigenvalue weighted by Gasteiger charge is 2.31. The van der Waals surface area contributed by atoms with Gasteiger partial charge in [-0.05, 0) is 13.3 Å². The minimum Gasteiger partial charge on any atom is -0.332 e. The molecule has 0 amide bonds. The molecule has 0 unspecified atom stereocenters. The molecule has 102 valence electrons. The molecule has 0 bridgehead atoms. The SMILES string of the molecule is CCCN(CC(F)(F)F)c1ncc(CN)c(C)n1. The predicted octanol–water partition coefficient (Wildman–Crippen LogP) is 2.02. The molecule has 0 aliphatic carbocycles. The van der Waals surface area contributed by atoms with Gasteiger partial charge in [0.1, 0.15) is 6.54 Å². The molecule has 1 aromatic heterocycles. The van der Waals surface area contributed by atoms with Crippen molar-refractivity contribution in [3.63, 3.8) is 0 Å². The van der Waals surface area contributed by atoms with E-state index in [0.29, 0.717) is 12.1 Å². The van der Waals surface area contributed by atoms with Gasteiger partial charge in [0.05, 0.1) is 0 Å². The van der Waals surface area contributed by atoms with Crippen LogP contribution >= 0.6 is 0 Å². The lowest BCUT2D eigenvalue weighted by Gasteiger charge is -2.23. The van der Waals surface area contributed by atoms with Gasteiger partial charge in [-0.3, -0.25) is 0 Å². The van der Waals surface area contributed by atoms with Gasteiger partial charge in [-0.25, -0.2) is 9.97 Å². The molecule has 7 heteroatoms. The van der Waals surface area contributed by atoms with Crippen LogP contribution in [0.1, 0.15) is 24.6 Å². The number of anilines is 1. The van der Waals surface area contributed by atoms with E-state index in [4.69, 9.17) is 5.73 Å². The zero-order valence-corrected chi connectivity index (χ0v) is 10.5. The van der Waals surface area contributed by atoms with Gasteiger partial charge in [-0.15, -0.1) is 0 Å². The van der Waals surface area contributed by atoms with E-state index in [2.05, 4.69) is 9.97 Å². The first-order valence-electron chi connectivity index (χ1n) is 5.71. The van der Waals surface area contributed by atoms with Gasteiger partial charge in [0.15, 0.2) is 0 Å². The fourth-order valence-corrected chi connectivity index (χ4v) is 1.57. The fraction of sp³-hybridized carbons (Fsp3) is 0.636. The lowest BCUT2D eigenvalue weighted by Crippen LogP contribution is -2.36. The largest absolute Gasteiger partial charge is 0.406 e. The molecular formula is C11H17F3N4. The number of rotatable bonds is 5. The predicted molar refractivity (Wildman–Crippen MR) is 63.2 cm³/mol. The highest BCUT2D eigenvalue weighted by atomic mass is 19.4. The van der Waals surface area contributed by atoms with Crippen LogP contribution in [0.2, 0.25) is 0 Å². The summed E-state index contributed by atoms with van der Waals surface area (Å²) in [4.78, 5) is 9.16. The Hall–Kier alpha value is -1.37. The van der Waals surface area contributed by atoms with E-state index < -0.39 is 12.7 Å². The molecule has 0 aliphatic rings. The minimum absolute atomic E-state index is 0.101. The van der Waals surface area contributed by atoms with Crippen LogP contribution in [-0.4, -0.2) is 29.2 Å². The van der Waals surface area contributed by atoms with E-state index in [9.17, 15) is 13.2 Å². The van der Waals surface area contributed by atoms with E-state index in [-0.39, 0.29) is 19.0 Å². The van der Waals surface area contributed by atoms with Crippen molar-refractivity contribution in [3.05, 3.63) is 17.5 Å². The Morgan fingerprint density at radius 2 is 2.06 bits per heavy atom. The van der Waals surface area contributed by atoms with E-state index in [1.807, 2.05) is 6.92 Å². The Bertz CT molecular complexity index is 392. The Balaban J connectivity index is 2.95. The average molecular weight is 262 g/mol. The Morgan fingerprint density at radius 3 is 2.50 bits per heavy atom. The van der Waals surface area contributed by atoms with E-state index >= 15 is 0 Å². The van der Waals surface area contributed by atoms with Crippen LogP contribution in [0.15, 0.2) is 6.20 Å². The summed E-state index contributed by atoms with van der Waals surface area (Å²) in [6.07, 6.45) is -2.19. The van der Waals surface area contributed by atoms with Gasteiger partial charge >= 0.3 is 6.18 Å². The van der Waals surface area contributed by atoms with Gasteiger partial charge in [0.2, 0.25) is 5.95 Å². The molecule has 4 nitrogen and oxygen atoms in total. The Kier molecular flexibility index (Phi) is 4.89. The summed E-state index contributed by atoms with van der Waals surface area (Å²) in [7, 11) is 0. The third-order valence-corrected chi connectivity index (χ3v) is 2.43. The van der Waals surface area contributed by atoms with Crippen molar-refractivity contribution in [2.75, 3.05) is 18.0 Å². The second kappa shape index (κ2) is 5.99. The summed E-state index contributed by atoms with van der Waals surface area (Å²) in [6, 6.07) is 0. The molecule has 1 aromatic rings. The zero-order chi connectivity index (χ0) is 13.8. The summed E-state index contributed by atoms with van der Waals surface area (Å²) in [5.41, 5.74) is 6.82. The molecule has 0 radical (unpaired) electrons. The van der Waals surface area contributed by atoms with Gasteiger partial charge < -0.3 is 10.6 Å². The first kappa shape index (κ1) is 14.7. The third-order valence-electron chi connectivity index (χ3n) is 2.43. The molecule has 0 atom stereocenters. The number of hydrogen-bond donors (Lipinski definition) is 1. The first-order chi connectivity index (χ1) is 8.37. The summed E-state index contributed by atoms with van der Waals surface area (Å²) in [5.74, 6) is 0.101. The first-order valence-corrected chi connectivity index (χ1v) is 5.71. The number of halogens is 3. The maximum absolute atomic E-state index is 12.4. The van der Waals surface area contributed by atoms with Crippen molar-refractivity contribution in [3.8, 4) is 0 Å². The second-order valence-corrected chi connectivity index (χ2v) is 4.02. The normalized spacial score (nSPS) is 11.7. The summed E-state index contributed by atoms with van der Waals surface area (Å²) < 4.78 is 37.3. The van der Waals surface area contributed by atoms with Crippen molar-refractivity contribution >= 4 is 5.95 Å². The molecular weight excluding hydrogens is 245 g/mol. The number of hydrogen-bond acceptors (Lipinski definition) is 4. The number of aryl methyl sites for hydroxylation is 1. The maximum Gasteiger partial charge on any atom is 0.406 e. The number of nitrogens with two attached hydrogens (primary N) is 1. The minimum atomic E-state index is -4.26. The molecule has 1 rings (SSSR count). The zero-order valence-electron chi connectivity index (χ0n) is 10.5. The highest BCUT2D eigenvalue weighted by Crippen LogP contribution is 2.20. The van der Waals surface area contributed by atoms with Gasteiger partial charge in [-0.1, -0.05) is 6.92 Å². The van der Waals surface area contributed by atoms with Crippen molar-refractivity contribution in [2.24, 2.45) is 5.73 Å². The third kappa shape index (κ3) is 4.14. The fourth-order valence-electron chi connectivity index (χ4n) is 1.57. The number of nitrogens with zero attached hydrogens (tertiary/aromatic N) is 3.